The van der Waals surface area contributed by atoms with Gasteiger partial charge in [0.25, 0.3) is 0 Å². The summed E-state index contributed by atoms with van der Waals surface area (Å²) in [6.07, 6.45) is 6.89. The fourth-order valence-electron chi connectivity index (χ4n) is 5.55. The Bertz CT molecular complexity index is 1080. The number of hydrogen-bond donors (Lipinski definition) is 2. The largest absolute Gasteiger partial charge is 0.490 e. The highest BCUT2D eigenvalue weighted by Gasteiger charge is 2.30. The summed E-state index contributed by atoms with van der Waals surface area (Å²) in [5, 5.41) is 7.06. The molecule has 188 valence electrons. The second-order valence-corrected chi connectivity index (χ2v) is 11.5. The molecule has 0 amide bonds. The predicted octanol–water partition coefficient (Wildman–Crippen LogP) is 2.47. The minimum atomic E-state index is -1.02. The molecule has 0 bridgehead atoms. The van der Waals surface area contributed by atoms with E-state index in [2.05, 4.69) is 33.7 Å². The van der Waals surface area contributed by atoms with Crippen LogP contribution in [-0.2, 0) is 34.8 Å². The number of ether oxygens (including phenoxy) is 2. The van der Waals surface area contributed by atoms with E-state index in [1.54, 1.807) is 0 Å². The van der Waals surface area contributed by atoms with E-state index >= 15 is 0 Å². The van der Waals surface area contributed by atoms with Gasteiger partial charge in [0.15, 0.2) is 0 Å². The molecule has 0 saturated carbocycles. The maximum absolute atomic E-state index is 12.7. The summed E-state index contributed by atoms with van der Waals surface area (Å²) in [7, 11) is -1.02. The Labute approximate surface area is 209 Å². The fourth-order valence-corrected chi connectivity index (χ4v) is 6.86. The first kappa shape index (κ1) is 23.2. The van der Waals surface area contributed by atoms with Crippen LogP contribution in [0.5, 0.6) is 5.75 Å². The van der Waals surface area contributed by atoms with Crippen molar-refractivity contribution in [1.82, 2.24) is 15.3 Å². The van der Waals surface area contributed by atoms with Crippen molar-refractivity contribution in [3.63, 3.8) is 0 Å². The van der Waals surface area contributed by atoms with Gasteiger partial charge in [-0.2, -0.15) is 4.98 Å². The number of nitrogens with zero attached hydrogens (tertiary/aromatic N) is 3. The van der Waals surface area contributed by atoms with Crippen LogP contribution in [-0.4, -0.2) is 71.5 Å². The van der Waals surface area contributed by atoms with Gasteiger partial charge in [0.05, 0.1) is 16.5 Å². The van der Waals surface area contributed by atoms with Crippen molar-refractivity contribution in [2.45, 2.75) is 62.0 Å². The smallest absolute Gasteiger partial charge is 0.227 e. The van der Waals surface area contributed by atoms with E-state index in [9.17, 15) is 4.21 Å². The zero-order valence-corrected chi connectivity index (χ0v) is 21.1. The van der Waals surface area contributed by atoms with Crippen molar-refractivity contribution in [2.24, 2.45) is 0 Å². The highest BCUT2D eigenvalue weighted by molar-refractivity contribution is 7.85. The van der Waals surface area contributed by atoms with Gasteiger partial charge in [0.2, 0.25) is 5.95 Å². The molecule has 2 fully saturated rings. The molecule has 2 saturated heterocycles. The lowest BCUT2D eigenvalue weighted by molar-refractivity contribution is 0.0903. The average Bonchev–Trinajstić information content (AvgIpc) is 3.11. The van der Waals surface area contributed by atoms with Gasteiger partial charge in [-0.25, -0.2) is 4.98 Å². The summed E-state index contributed by atoms with van der Waals surface area (Å²) in [6, 6.07) is 6.92. The van der Waals surface area contributed by atoms with E-state index in [1.807, 2.05) is 0 Å². The van der Waals surface area contributed by atoms with Gasteiger partial charge in [-0.05, 0) is 62.0 Å². The van der Waals surface area contributed by atoms with Crippen LogP contribution in [0.3, 0.4) is 0 Å². The van der Waals surface area contributed by atoms with Gasteiger partial charge >= 0.3 is 0 Å². The summed E-state index contributed by atoms with van der Waals surface area (Å²) >= 11 is 0. The van der Waals surface area contributed by atoms with Gasteiger partial charge in [0, 0.05) is 57.4 Å². The normalized spacial score (nSPS) is 23.4. The van der Waals surface area contributed by atoms with Gasteiger partial charge in [-0.1, -0.05) is 6.07 Å². The molecule has 9 heteroatoms. The van der Waals surface area contributed by atoms with E-state index in [-0.39, 0.29) is 6.10 Å². The molecule has 5 heterocycles. The predicted molar refractivity (Wildman–Crippen MR) is 137 cm³/mol. The van der Waals surface area contributed by atoms with Crippen LogP contribution >= 0.6 is 0 Å². The second kappa shape index (κ2) is 10.4. The molecule has 8 nitrogen and oxygen atoms in total. The molecule has 6 rings (SSSR count). The van der Waals surface area contributed by atoms with E-state index in [0.717, 1.165) is 112 Å². The maximum Gasteiger partial charge on any atom is 0.227 e. The van der Waals surface area contributed by atoms with E-state index in [0.29, 0.717) is 11.8 Å². The first-order valence-corrected chi connectivity index (χ1v) is 14.4. The van der Waals surface area contributed by atoms with Crippen LogP contribution in [0.2, 0.25) is 0 Å². The molecule has 0 spiro atoms. The lowest BCUT2D eigenvalue weighted by Crippen LogP contribution is -2.39. The third kappa shape index (κ3) is 5.17. The van der Waals surface area contributed by atoms with Crippen LogP contribution in [0.4, 0.5) is 11.8 Å². The zero-order valence-electron chi connectivity index (χ0n) is 20.3. The number of anilines is 2. The fraction of sp³-hybridized carbons (Fsp3) is 0.615. The Balaban J connectivity index is 1.12. The molecule has 2 N–H and O–H groups in total. The Kier molecular flexibility index (Phi) is 6.89. The van der Waals surface area contributed by atoms with Gasteiger partial charge in [0.1, 0.15) is 22.6 Å². The molecule has 4 aliphatic heterocycles. The number of aryl methyl sites for hydroxylation is 1. The number of benzene rings is 1. The van der Waals surface area contributed by atoms with Crippen molar-refractivity contribution in [2.75, 3.05) is 55.4 Å². The molecule has 1 aromatic heterocycles. The Morgan fingerprint density at radius 2 is 1.83 bits per heavy atom. The topological polar surface area (TPSA) is 88.6 Å². The Hall–Kier alpha value is -2.23. The molecule has 4 aliphatic rings. The second-order valence-electron chi connectivity index (χ2n) is 9.96. The number of nitrogens with one attached hydrogen (secondary N) is 2. The number of hydrogen-bond acceptors (Lipinski definition) is 8. The third-order valence-corrected chi connectivity index (χ3v) is 9.04. The van der Waals surface area contributed by atoms with Gasteiger partial charge in [-0.15, -0.1) is 0 Å². The van der Waals surface area contributed by atoms with Crippen molar-refractivity contribution in [1.29, 1.82) is 0 Å². The first-order valence-electron chi connectivity index (χ1n) is 13.1. The summed E-state index contributed by atoms with van der Waals surface area (Å²) in [5.74, 6) is 3.16. The highest BCUT2D eigenvalue weighted by Crippen LogP contribution is 2.32. The van der Waals surface area contributed by atoms with Crippen molar-refractivity contribution < 1.29 is 13.7 Å². The zero-order chi connectivity index (χ0) is 23.6. The van der Waals surface area contributed by atoms with E-state index < -0.39 is 10.8 Å². The maximum atomic E-state index is 12.7. The first-order chi connectivity index (χ1) is 17.2. The van der Waals surface area contributed by atoms with Crippen LogP contribution in [0.15, 0.2) is 23.1 Å². The number of fused-ring (bicyclic) bond motifs is 2. The quantitative estimate of drug-likeness (QED) is 0.652. The number of aromatic nitrogens is 2. The molecule has 0 aliphatic carbocycles. The lowest BCUT2D eigenvalue weighted by Gasteiger charge is -2.33. The number of piperidine rings is 1. The summed E-state index contributed by atoms with van der Waals surface area (Å²) in [4.78, 5) is 12.8. The summed E-state index contributed by atoms with van der Waals surface area (Å²) in [5.41, 5.74) is 3.80. The minimum Gasteiger partial charge on any atom is -0.490 e. The molecule has 1 aromatic carbocycles. The monoisotopic (exact) mass is 497 g/mol. The van der Waals surface area contributed by atoms with Crippen LogP contribution < -0.4 is 20.3 Å². The molecule has 2 aromatic rings. The van der Waals surface area contributed by atoms with Crippen LogP contribution in [0.25, 0.3) is 0 Å². The van der Waals surface area contributed by atoms with Crippen molar-refractivity contribution >= 4 is 22.6 Å². The van der Waals surface area contributed by atoms with Crippen molar-refractivity contribution in [3.8, 4) is 5.75 Å². The van der Waals surface area contributed by atoms with Crippen molar-refractivity contribution in [3.05, 3.63) is 35.0 Å². The molecule has 0 radical (unpaired) electrons. The Morgan fingerprint density at radius 1 is 1.03 bits per heavy atom. The Morgan fingerprint density at radius 3 is 2.66 bits per heavy atom. The molecular weight excluding hydrogens is 462 g/mol. The van der Waals surface area contributed by atoms with E-state index in [1.165, 1.54) is 11.1 Å². The van der Waals surface area contributed by atoms with Crippen LogP contribution in [0.1, 0.15) is 42.5 Å². The molecule has 1 atom stereocenters. The highest BCUT2D eigenvalue weighted by atomic mass is 32.2. The van der Waals surface area contributed by atoms with Gasteiger partial charge < -0.3 is 25.0 Å². The lowest BCUT2D eigenvalue weighted by atomic mass is 10.0. The van der Waals surface area contributed by atoms with E-state index in [4.69, 9.17) is 19.4 Å². The minimum absolute atomic E-state index is 0.204. The standard InChI is InChI=1S/C26H35N5O3S/c32-35-16-9-23-24(35)25(28-20-7-14-33-15-8-20)30-26(29-23)31-12-5-21(6-13-31)34-22-2-1-18-3-10-27-11-4-19(18)17-22/h1-2,17,20-21,27H,3-16H2,(H,28,29,30). The molecular formula is C26H35N5O3S. The SMILES string of the molecule is O=S1CCc2nc(N3CCC(Oc4ccc5c(c4)CCNCC5)CC3)nc(NC3CCOCC3)c21. The van der Waals surface area contributed by atoms with Gasteiger partial charge in [-0.3, -0.25) is 4.21 Å². The molecule has 1 unspecified atom stereocenters. The number of rotatable bonds is 5. The average molecular weight is 498 g/mol. The molecule has 35 heavy (non-hydrogen) atoms. The third-order valence-electron chi connectivity index (χ3n) is 7.59. The summed E-state index contributed by atoms with van der Waals surface area (Å²) < 4.78 is 24.6. The van der Waals surface area contributed by atoms with Crippen LogP contribution in [0, 0.1) is 0 Å². The summed E-state index contributed by atoms with van der Waals surface area (Å²) in [6.45, 7) is 5.33.